The van der Waals surface area contributed by atoms with Crippen molar-refractivity contribution in [2.75, 3.05) is 0 Å². The predicted molar refractivity (Wildman–Crippen MR) is 176 cm³/mol. The van der Waals surface area contributed by atoms with Crippen LogP contribution in [0.25, 0.3) is 19.6 Å². The van der Waals surface area contributed by atoms with Gasteiger partial charge in [-0.15, -0.1) is 0 Å². The molecule has 8 heteroatoms. The quantitative estimate of drug-likeness (QED) is 0.240. The number of rotatable bonds is 4. The monoisotopic (exact) mass is 540 g/mol. The van der Waals surface area contributed by atoms with Gasteiger partial charge < -0.3 is 0 Å². The smallest absolute Gasteiger partial charge is 0.0835 e. The highest BCUT2D eigenvalue weighted by atomic mass is 32.3. The van der Waals surface area contributed by atoms with Crippen LogP contribution >= 0.6 is 47.0 Å². The van der Waals surface area contributed by atoms with Crippen molar-refractivity contribution >= 4 is 100 Å². The second kappa shape index (κ2) is 13.7. The summed E-state index contributed by atoms with van der Waals surface area (Å²) < 4.78 is -0.0906. The summed E-state index contributed by atoms with van der Waals surface area (Å²) in [4.78, 5) is 5.48. The minimum atomic E-state index is -0.0906. The number of hydrogen-bond donors (Lipinski definition) is 0. The Bertz CT molecular complexity index is 1130. The zero-order chi connectivity index (χ0) is 22.1. The van der Waals surface area contributed by atoms with Crippen LogP contribution in [-0.2, 0) is 0 Å². The van der Waals surface area contributed by atoms with E-state index in [1.165, 1.54) is 41.9 Å². The summed E-state index contributed by atoms with van der Waals surface area (Å²) in [5.74, 6) is 0. The fourth-order valence-corrected chi connectivity index (χ4v) is 11.3. The molecule has 37 heavy (non-hydrogen) atoms. The Labute approximate surface area is 245 Å². The molecule has 0 amide bonds. The predicted octanol–water partition coefficient (Wildman–Crippen LogP) is 8.09. The minimum absolute atomic E-state index is 0. The first kappa shape index (κ1) is 31.2. The van der Waals surface area contributed by atoms with E-state index in [4.69, 9.17) is 0 Å². The van der Waals surface area contributed by atoms with E-state index in [-0.39, 0.29) is 36.4 Å². The van der Waals surface area contributed by atoms with Crippen molar-refractivity contribution in [3.8, 4) is 0 Å². The van der Waals surface area contributed by atoms with Crippen LogP contribution in [0.1, 0.15) is 22.3 Å². The first-order chi connectivity index (χ1) is 16.3. The molecular formula is C29H20B4S4. The van der Waals surface area contributed by atoms with Gasteiger partial charge >= 0.3 is 0 Å². The molecule has 4 aromatic carbocycles. The molecule has 4 aromatic rings. The molecule has 12 radical (unpaired) electrons. The molecule has 2 heterocycles. The van der Waals surface area contributed by atoms with Gasteiger partial charge in [-0.3, -0.25) is 0 Å². The van der Waals surface area contributed by atoms with Crippen LogP contribution in [0.15, 0.2) is 121 Å². The average Bonchev–Trinajstić information content (AvgIpc) is 3.47. The van der Waals surface area contributed by atoms with Gasteiger partial charge in [-0.25, -0.2) is 0 Å². The minimum Gasteiger partial charge on any atom is -0.0835 e. The van der Waals surface area contributed by atoms with Gasteiger partial charge in [0, 0.05) is 53.3 Å². The van der Waals surface area contributed by atoms with Crippen molar-refractivity contribution in [3.63, 3.8) is 0 Å². The Kier molecular flexibility index (Phi) is 11.6. The number of thioether (sulfide) groups is 4. The maximum absolute atomic E-state index is 2.23. The largest absolute Gasteiger partial charge is 0.171 e. The Morgan fingerprint density at radius 3 is 0.676 bits per heavy atom. The van der Waals surface area contributed by atoms with Gasteiger partial charge in [-0.05, 0) is 22.3 Å². The van der Waals surface area contributed by atoms with Crippen LogP contribution in [0.3, 0.4) is 0 Å². The fourth-order valence-electron chi connectivity index (χ4n) is 3.93. The van der Waals surface area contributed by atoms with E-state index >= 15 is 0 Å². The molecule has 6 rings (SSSR count). The molecule has 1 spiro atoms. The zero-order valence-corrected chi connectivity index (χ0v) is 23.3. The highest BCUT2D eigenvalue weighted by molar-refractivity contribution is 8.58. The van der Waals surface area contributed by atoms with Gasteiger partial charge in [0.15, 0.2) is 2.74 Å². The molecule has 2 aliphatic rings. The Morgan fingerprint density at radius 2 is 0.486 bits per heavy atom. The summed E-state index contributed by atoms with van der Waals surface area (Å²) in [5.41, 5.74) is 5.17. The van der Waals surface area contributed by atoms with Crippen molar-refractivity contribution in [1.29, 1.82) is 0 Å². The molecule has 172 valence electrons. The van der Waals surface area contributed by atoms with Crippen molar-refractivity contribution < 1.29 is 0 Å². The Balaban J connectivity index is 0.00000120. The molecule has 0 N–H and O–H groups in total. The lowest BCUT2D eigenvalue weighted by molar-refractivity contribution is 1.63. The van der Waals surface area contributed by atoms with E-state index in [0.717, 1.165) is 0 Å². The maximum atomic E-state index is 2.23. The topological polar surface area (TPSA) is 0 Å². The van der Waals surface area contributed by atoms with Gasteiger partial charge in [0.05, 0.1) is 0 Å². The second-order valence-electron chi connectivity index (χ2n) is 7.69. The first-order valence-electron chi connectivity index (χ1n) is 10.8. The lowest BCUT2D eigenvalue weighted by Crippen LogP contribution is -2.01. The molecular weight excluding hydrogens is 520 g/mol. The van der Waals surface area contributed by atoms with Crippen LogP contribution in [0.5, 0.6) is 0 Å². The van der Waals surface area contributed by atoms with Gasteiger partial charge in [-0.2, -0.15) is 0 Å². The zero-order valence-electron chi connectivity index (χ0n) is 20.0. The molecule has 0 nitrogen and oxygen atoms in total. The van der Waals surface area contributed by atoms with E-state index in [9.17, 15) is 0 Å². The molecule has 0 atom stereocenters. The summed E-state index contributed by atoms with van der Waals surface area (Å²) in [6.45, 7) is 0. The van der Waals surface area contributed by atoms with E-state index in [2.05, 4.69) is 121 Å². The lowest BCUT2D eigenvalue weighted by Gasteiger charge is -2.21. The molecule has 0 fully saturated rings. The molecule has 0 aromatic heterocycles. The molecule has 0 saturated heterocycles. The third kappa shape index (κ3) is 6.37. The van der Waals surface area contributed by atoms with E-state index in [1.54, 1.807) is 0 Å². The van der Waals surface area contributed by atoms with Crippen molar-refractivity contribution in [3.05, 3.63) is 144 Å². The van der Waals surface area contributed by atoms with Gasteiger partial charge in [0.1, 0.15) is 0 Å². The third-order valence-electron chi connectivity index (χ3n) is 5.46. The average molecular weight is 540 g/mol. The van der Waals surface area contributed by atoms with Crippen molar-refractivity contribution in [2.45, 2.75) is 2.74 Å². The molecule has 0 unspecified atom stereocenters. The molecule has 0 saturated carbocycles. The second-order valence-corrected chi connectivity index (χ2v) is 14.1. The Hall–Kier alpha value is -1.98. The summed E-state index contributed by atoms with van der Waals surface area (Å²) in [6, 6.07) is 43.4. The lowest BCUT2D eigenvalue weighted by atomic mass is 10.1. The molecule has 0 bridgehead atoms. The SMILES string of the molecule is [B].[B].[B].[B].c1ccc(C2=C(c3ccccc3)SC3(S2)SC(c2ccccc2)=C(c2ccccc2)S3)cc1. The maximum Gasteiger partial charge on any atom is 0.171 e. The van der Waals surface area contributed by atoms with Crippen LogP contribution in [0.4, 0.5) is 0 Å². The van der Waals surface area contributed by atoms with Crippen LogP contribution < -0.4 is 0 Å². The standard InChI is InChI=1S/C29H20S4.4B/c1-5-13-21(14-6-1)25-26(22-15-7-2-8-16-22)31-29(30-25)32-27(23-17-9-3-10-18-23)28(33-29)24-19-11-4-12-20-24;;;;/h1-20H;;;;. The summed E-state index contributed by atoms with van der Waals surface area (Å²) in [6.07, 6.45) is 0. The third-order valence-corrected chi connectivity index (χ3v) is 12.3. The summed E-state index contributed by atoms with van der Waals surface area (Å²) in [7, 11) is 0. The summed E-state index contributed by atoms with van der Waals surface area (Å²) in [5, 5.41) is 0. The molecule has 2 aliphatic heterocycles. The van der Waals surface area contributed by atoms with E-state index in [1.807, 2.05) is 47.0 Å². The van der Waals surface area contributed by atoms with Crippen molar-refractivity contribution in [2.24, 2.45) is 0 Å². The number of benzene rings is 4. The summed E-state index contributed by atoms with van der Waals surface area (Å²) >= 11 is 8.00. The van der Waals surface area contributed by atoms with Crippen molar-refractivity contribution in [1.82, 2.24) is 0 Å². The molecule has 0 aliphatic carbocycles. The van der Waals surface area contributed by atoms with E-state index in [0.29, 0.717) is 0 Å². The fraction of sp³-hybridized carbons (Fsp3) is 0.0345. The van der Waals surface area contributed by atoms with Crippen LogP contribution in [0.2, 0.25) is 0 Å². The normalized spacial score (nSPS) is 15.4. The van der Waals surface area contributed by atoms with E-state index < -0.39 is 0 Å². The van der Waals surface area contributed by atoms with Gasteiger partial charge in [0.25, 0.3) is 0 Å². The first-order valence-corrected chi connectivity index (χ1v) is 14.0. The van der Waals surface area contributed by atoms with Crippen LogP contribution in [0, 0.1) is 0 Å². The van der Waals surface area contributed by atoms with Gasteiger partial charge in [0.2, 0.25) is 0 Å². The highest BCUT2D eigenvalue weighted by Crippen LogP contribution is 2.77. The Morgan fingerprint density at radius 1 is 0.297 bits per heavy atom. The number of hydrogen-bond acceptors (Lipinski definition) is 4. The van der Waals surface area contributed by atoms with Gasteiger partial charge in [-0.1, -0.05) is 168 Å². The van der Waals surface area contributed by atoms with Crippen LogP contribution in [-0.4, -0.2) is 36.4 Å². The highest BCUT2D eigenvalue weighted by Gasteiger charge is 2.49.